The Hall–Kier alpha value is -0.940. The van der Waals surface area contributed by atoms with Crippen LogP contribution in [0, 0.1) is 6.92 Å². The van der Waals surface area contributed by atoms with Gasteiger partial charge in [-0.2, -0.15) is 0 Å². The van der Waals surface area contributed by atoms with Gasteiger partial charge in [0.05, 0.1) is 10.1 Å². The van der Waals surface area contributed by atoms with Gasteiger partial charge in [0.15, 0.2) is 11.9 Å². The van der Waals surface area contributed by atoms with Crippen LogP contribution in [0.5, 0.6) is 0 Å². The molecular weight excluding hydrogens is 202 g/mol. The van der Waals surface area contributed by atoms with Gasteiger partial charge in [0.2, 0.25) is 0 Å². The van der Waals surface area contributed by atoms with Crippen LogP contribution in [0.25, 0.3) is 0 Å². The molecule has 14 heavy (non-hydrogen) atoms. The summed E-state index contributed by atoms with van der Waals surface area (Å²) in [6.07, 6.45) is 3.71. The summed E-state index contributed by atoms with van der Waals surface area (Å²) in [6, 6.07) is 4.24. The summed E-state index contributed by atoms with van der Waals surface area (Å²) in [7, 11) is -3.92. The van der Waals surface area contributed by atoms with Crippen molar-refractivity contribution < 1.29 is 18.0 Å². The van der Waals surface area contributed by atoms with E-state index >= 15 is 0 Å². The van der Waals surface area contributed by atoms with Crippen molar-refractivity contribution in [3.63, 3.8) is 0 Å². The molecule has 0 unspecified atom stereocenters. The van der Waals surface area contributed by atoms with Crippen LogP contribution in [-0.2, 0) is 16.5 Å². The molecule has 0 amide bonds. The SMILES string of the molecule is CCc1ccc(C)c[nH+]1.CS(=O)(=O)[O-]. The van der Waals surface area contributed by atoms with Gasteiger partial charge in [-0.05, 0) is 13.0 Å². The van der Waals surface area contributed by atoms with E-state index in [1.165, 1.54) is 11.3 Å². The lowest BCUT2D eigenvalue weighted by Gasteiger charge is -1.90. The number of nitrogens with one attached hydrogen (secondary N) is 1. The smallest absolute Gasteiger partial charge is 0.179 e. The quantitative estimate of drug-likeness (QED) is 0.644. The lowest BCUT2D eigenvalue weighted by Crippen LogP contribution is -2.08. The highest BCUT2D eigenvalue weighted by atomic mass is 32.2. The number of aromatic amines is 1. The molecule has 0 aliphatic rings. The first-order chi connectivity index (χ1) is 6.33. The average Bonchev–Trinajstić information content (AvgIpc) is 2.03. The van der Waals surface area contributed by atoms with Crippen molar-refractivity contribution in [1.29, 1.82) is 0 Å². The lowest BCUT2D eigenvalue weighted by molar-refractivity contribution is -0.390. The van der Waals surface area contributed by atoms with Crippen molar-refractivity contribution >= 4 is 10.1 Å². The molecule has 80 valence electrons. The van der Waals surface area contributed by atoms with Crippen LogP contribution in [-0.4, -0.2) is 19.2 Å². The third-order valence-electron chi connectivity index (χ3n) is 1.41. The highest BCUT2D eigenvalue weighted by molar-refractivity contribution is 7.84. The van der Waals surface area contributed by atoms with Gasteiger partial charge in [-0.15, -0.1) is 0 Å². The van der Waals surface area contributed by atoms with Gasteiger partial charge in [-0.3, -0.25) is 0 Å². The topological polar surface area (TPSA) is 71.3 Å². The fraction of sp³-hybridized carbons (Fsp3) is 0.444. The summed E-state index contributed by atoms with van der Waals surface area (Å²) < 4.78 is 27.2. The summed E-state index contributed by atoms with van der Waals surface area (Å²) in [5.74, 6) is 0. The first-order valence-electron chi connectivity index (χ1n) is 4.21. The Balaban J connectivity index is 0.000000292. The predicted molar refractivity (Wildman–Crippen MR) is 52.7 cm³/mol. The van der Waals surface area contributed by atoms with Gasteiger partial charge in [0.1, 0.15) is 0 Å². The summed E-state index contributed by atoms with van der Waals surface area (Å²) in [5, 5.41) is 0. The maximum absolute atomic E-state index is 9.08. The van der Waals surface area contributed by atoms with Gasteiger partial charge in [-0.25, -0.2) is 13.4 Å². The summed E-state index contributed by atoms with van der Waals surface area (Å²) in [5.41, 5.74) is 2.58. The van der Waals surface area contributed by atoms with Gasteiger partial charge >= 0.3 is 0 Å². The molecule has 0 radical (unpaired) electrons. The Morgan fingerprint density at radius 2 is 1.93 bits per heavy atom. The molecule has 0 aliphatic heterocycles. The minimum Gasteiger partial charge on any atom is -0.748 e. The Bertz CT molecular complexity index is 348. The molecule has 0 aromatic carbocycles. The van der Waals surface area contributed by atoms with Crippen LogP contribution < -0.4 is 4.98 Å². The second-order valence-electron chi connectivity index (χ2n) is 2.95. The molecule has 1 aromatic rings. The molecule has 1 N–H and O–H groups in total. The average molecular weight is 217 g/mol. The minimum absolute atomic E-state index is 0.604. The fourth-order valence-electron chi connectivity index (χ4n) is 0.755. The number of aromatic nitrogens is 1. The summed E-state index contributed by atoms with van der Waals surface area (Å²) >= 11 is 0. The van der Waals surface area contributed by atoms with Crippen LogP contribution in [0.4, 0.5) is 0 Å². The van der Waals surface area contributed by atoms with Crippen molar-refractivity contribution in [3.8, 4) is 0 Å². The van der Waals surface area contributed by atoms with Crippen molar-refractivity contribution in [1.82, 2.24) is 0 Å². The number of H-pyrrole nitrogens is 1. The lowest BCUT2D eigenvalue weighted by atomic mass is 10.2. The van der Waals surface area contributed by atoms with E-state index in [0.29, 0.717) is 6.26 Å². The Labute approximate surface area is 84.7 Å². The normalized spacial score (nSPS) is 10.3. The van der Waals surface area contributed by atoms with E-state index in [9.17, 15) is 0 Å². The molecule has 0 spiro atoms. The van der Waals surface area contributed by atoms with Gasteiger partial charge in [-0.1, -0.05) is 6.92 Å². The van der Waals surface area contributed by atoms with Crippen LogP contribution in [0.2, 0.25) is 0 Å². The van der Waals surface area contributed by atoms with Crippen LogP contribution in [0.1, 0.15) is 18.2 Å². The van der Waals surface area contributed by atoms with E-state index in [4.69, 9.17) is 13.0 Å². The first-order valence-corrected chi connectivity index (χ1v) is 6.02. The third kappa shape index (κ3) is 9.15. The van der Waals surface area contributed by atoms with Gasteiger partial charge in [0.25, 0.3) is 0 Å². The number of aryl methyl sites for hydroxylation is 2. The number of rotatable bonds is 1. The highest BCUT2D eigenvalue weighted by Crippen LogP contribution is 1.93. The summed E-state index contributed by atoms with van der Waals surface area (Å²) in [4.78, 5) is 3.19. The monoisotopic (exact) mass is 217 g/mol. The Morgan fingerprint density at radius 3 is 2.21 bits per heavy atom. The predicted octanol–water partition coefficient (Wildman–Crippen LogP) is 0.533. The molecule has 4 nitrogen and oxygen atoms in total. The van der Waals surface area contributed by atoms with Crippen molar-refractivity contribution in [2.24, 2.45) is 0 Å². The standard InChI is InChI=1S/C8H11N.CH4O3S/c1-3-8-5-4-7(2)6-9-8;1-5(2,3)4/h4-6H,3H2,1-2H3;1H3,(H,2,3,4). The van der Waals surface area contributed by atoms with E-state index in [1.54, 1.807) is 0 Å². The maximum Gasteiger partial charge on any atom is 0.179 e. The van der Waals surface area contributed by atoms with E-state index in [0.717, 1.165) is 6.42 Å². The Kier molecular flexibility index (Phi) is 5.34. The number of pyridine rings is 1. The third-order valence-corrected chi connectivity index (χ3v) is 1.41. The van der Waals surface area contributed by atoms with Crippen LogP contribution >= 0.6 is 0 Å². The van der Waals surface area contributed by atoms with Crippen LogP contribution in [0.3, 0.4) is 0 Å². The molecule has 0 aliphatic carbocycles. The first kappa shape index (κ1) is 13.1. The van der Waals surface area contributed by atoms with Gasteiger partial charge < -0.3 is 4.55 Å². The number of hydrogen-bond donors (Lipinski definition) is 0. The molecule has 1 heterocycles. The van der Waals surface area contributed by atoms with Gasteiger partial charge in [0, 0.05) is 24.3 Å². The summed E-state index contributed by atoms with van der Waals surface area (Å²) in [6.45, 7) is 4.22. The fourth-order valence-corrected chi connectivity index (χ4v) is 0.755. The van der Waals surface area contributed by atoms with E-state index < -0.39 is 10.1 Å². The molecular formula is C9H15NO3S. The largest absolute Gasteiger partial charge is 0.748 e. The van der Waals surface area contributed by atoms with Crippen molar-refractivity contribution in [2.45, 2.75) is 20.3 Å². The molecule has 0 saturated heterocycles. The van der Waals surface area contributed by atoms with E-state index in [2.05, 4.69) is 31.0 Å². The molecule has 1 rings (SSSR count). The zero-order chi connectivity index (χ0) is 11.2. The molecule has 0 atom stereocenters. The van der Waals surface area contributed by atoms with Crippen molar-refractivity contribution in [2.75, 3.05) is 6.26 Å². The number of hydrogen-bond acceptors (Lipinski definition) is 3. The van der Waals surface area contributed by atoms with Crippen molar-refractivity contribution in [3.05, 3.63) is 29.6 Å². The molecule has 0 bridgehead atoms. The van der Waals surface area contributed by atoms with E-state index in [1.807, 2.05) is 6.20 Å². The zero-order valence-corrected chi connectivity index (χ0v) is 9.39. The van der Waals surface area contributed by atoms with Crippen LogP contribution in [0.15, 0.2) is 18.3 Å². The molecule has 5 heteroatoms. The Morgan fingerprint density at radius 1 is 1.43 bits per heavy atom. The highest BCUT2D eigenvalue weighted by Gasteiger charge is 1.93. The minimum atomic E-state index is -3.92. The zero-order valence-electron chi connectivity index (χ0n) is 8.57. The maximum atomic E-state index is 9.08. The van der Waals surface area contributed by atoms with E-state index in [-0.39, 0.29) is 0 Å². The second kappa shape index (κ2) is 5.72. The molecule has 1 aromatic heterocycles. The second-order valence-corrected chi connectivity index (χ2v) is 4.36. The molecule has 0 fully saturated rings. The molecule has 0 saturated carbocycles.